The number of imide groups is 1. The summed E-state index contributed by atoms with van der Waals surface area (Å²) in [5.74, 6) is -2.00. The summed E-state index contributed by atoms with van der Waals surface area (Å²) in [6.07, 6.45) is 3.89. The van der Waals surface area contributed by atoms with E-state index in [1.165, 1.54) is 0 Å². The number of amides is 2. The molecule has 5 rings (SSSR count). The van der Waals surface area contributed by atoms with E-state index in [9.17, 15) is 14.4 Å². The van der Waals surface area contributed by atoms with E-state index in [-0.39, 0.29) is 23.6 Å². The third-order valence-electron chi connectivity index (χ3n) is 5.87. The predicted molar refractivity (Wildman–Crippen MR) is 98.9 cm³/mol. The molecule has 3 heterocycles. The Morgan fingerprint density at radius 2 is 1.67 bits per heavy atom. The molecule has 1 unspecified atom stereocenters. The minimum atomic E-state index is -0.670. The van der Waals surface area contributed by atoms with Gasteiger partial charge in [0.2, 0.25) is 17.6 Å². The third-order valence-corrected chi connectivity index (χ3v) is 6.12. The van der Waals surface area contributed by atoms with Crippen LogP contribution in [0.3, 0.4) is 0 Å². The Labute approximate surface area is 160 Å². The van der Waals surface area contributed by atoms with Crippen molar-refractivity contribution in [1.29, 1.82) is 0 Å². The van der Waals surface area contributed by atoms with Gasteiger partial charge in [0, 0.05) is 16.1 Å². The Morgan fingerprint density at radius 1 is 0.963 bits per heavy atom. The van der Waals surface area contributed by atoms with Crippen LogP contribution in [0.2, 0.25) is 5.02 Å². The fourth-order valence-corrected chi connectivity index (χ4v) is 4.89. The summed E-state index contributed by atoms with van der Waals surface area (Å²) in [7, 11) is 0. The maximum absolute atomic E-state index is 13.3. The fourth-order valence-electron chi connectivity index (χ4n) is 4.76. The monoisotopic (exact) mass is 379 g/mol. The van der Waals surface area contributed by atoms with E-state index in [1.807, 2.05) is 36.5 Å². The number of halogens is 1. The Kier molecular flexibility index (Phi) is 3.57. The SMILES string of the molecule is O=C1NC(=O)[C@H]2[C@@H]1[C@@H](C(=O)c1ccc(Cl)cc1)[NH+]1C=Cc3ccccc3[C@@H]21. The van der Waals surface area contributed by atoms with Gasteiger partial charge in [0.25, 0.3) is 0 Å². The molecule has 27 heavy (non-hydrogen) atoms. The summed E-state index contributed by atoms with van der Waals surface area (Å²) in [6, 6.07) is 13.6. The summed E-state index contributed by atoms with van der Waals surface area (Å²) in [4.78, 5) is 39.3. The van der Waals surface area contributed by atoms with Crippen LogP contribution >= 0.6 is 11.6 Å². The van der Waals surface area contributed by atoms with Crippen molar-refractivity contribution in [2.45, 2.75) is 12.1 Å². The third kappa shape index (κ3) is 2.32. The van der Waals surface area contributed by atoms with Crippen LogP contribution in [0.5, 0.6) is 0 Å². The lowest BCUT2D eigenvalue weighted by atomic mass is 9.83. The first-order chi connectivity index (χ1) is 13.1. The maximum atomic E-state index is 13.3. The van der Waals surface area contributed by atoms with Crippen molar-refractivity contribution >= 4 is 35.3 Å². The highest BCUT2D eigenvalue weighted by Gasteiger charge is 2.65. The van der Waals surface area contributed by atoms with Gasteiger partial charge in [-0.3, -0.25) is 24.6 Å². The molecule has 5 atom stereocenters. The molecule has 2 aromatic carbocycles. The maximum Gasteiger partial charge on any atom is 0.237 e. The molecule has 5 nitrogen and oxygen atoms in total. The van der Waals surface area contributed by atoms with Crippen molar-refractivity contribution < 1.29 is 19.3 Å². The highest BCUT2D eigenvalue weighted by molar-refractivity contribution is 6.30. The standard InChI is InChI=1S/C21H15ClN2O3/c22-13-7-5-12(6-8-13)19(25)18-16-15(20(26)23-21(16)27)17-14-4-2-1-3-11(14)9-10-24(17)18/h1-10,15-18H,(H,23,26,27)/p+1/t15-,16+,17-,18-/m0/s1. The van der Waals surface area contributed by atoms with Gasteiger partial charge in [0.05, 0.1) is 6.20 Å². The molecule has 0 radical (unpaired) electrons. The number of fused-ring (bicyclic) bond motifs is 5. The fraction of sp³-hybridized carbons (Fsp3) is 0.190. The van der Waals surface area contributed by atoms with Gasteiger partial charge in [0.1, 0.15) is 17.9 Å². The molecule has 0 spiro atoms. The molecule has 2 fully saturated rings. The van der Waals surface area contributed by atoms with Crippen LogP contribution in [0, 0.1) is 11.8 Å². The molecule has 2 aromatic rings. The lowest BCUT2D eigenvalue weighted by Crippen LogP contribution is -3.12. The molecule has 0 aromatic heterocycles. The van der Waals surface area contributed by atoms with Crippen LogP contribution in [0.4, 0.5) is 0 Å². The number of ketones is 1. The van der Waals surface area contributed by atoms with Gasteiger partial charge in [0.15, 0.2) is 6.04 Å². The quantitative estimate of drug-likeness (QED) is 0.612. The average molecular weight is 380 g/mol. The number of carbonyl (C=O) groups is 3. The molecule has 2 saturated heterocycles. The Hall–Kier alpha value is -2.76. The van der Waals surface area contributed by atoms with Crippen LogP contribution in [0.15, 0.2) is 54.7 Å². The Balaban J connectivity index is 1.64. The van der Waals surface area contributed by atoms with Crippen molar-refractivity contribution in [1.82, 2.24) is 5.32 Å². The van der Waals surface area contributed by atoms with E-state index in [0.29, 0.717) is 10.6 Å². The number of hydrogen-bond acceptors (Lipinski definition) is 3. The van der Waals surface area contributed by atoms with Gasteiger partial charge >= 0.3 is 0 Å². The van der Waals surface area contributed by atoms with E-state index in [1.54, 1.807) is 24.3 Å². The number of rotatable bonds is 2. The van der Waals surface area contributed by atoms with Crippen molar-refractivity contribution in [3.05, 3.63) is 76.4 Å². The second-order valence-electron chi connectivity index (χ2n) is 7.19. The number of benzene rings is 2. The number of nitrogens with one attached hydrogen (secondary N) is 2. The van der Waals surface area contributed by atoms with Gasteiger partial charge in [-0.1, -0.05) is 35.9 Å². The van der Waals surface area contributed by atoms with E-state index in [0.717, 1.165) is 16.0 Å². The molecule has 0 saturated carbocycles. The molecular formula is C21H16ClN2O3+. The second-order valence-corrected chi connectivity index (χ2v) is 7.63. The van der Waals surface area contributed by atoms with E-state index in [2.05, 4.69) is 5.32 Å². The number of hydrogen-bond donors (Lipinski definition) is 2. The molecule has 3 aliphatic heterocycles. The number of quaternary nitrogens is 1. The zero-order chi connectivity index (χ0) is 18.7. The smallest absolute Gasteiger partial charge is 0.237 e. The topological polar surface area (TPSA) is 67.7 Å². The van der Waals surface area contributed by atoms with Gasteiger partial charge in [-0.05, 0) is 35.9 Å². The minimum absolute atomic E-state index is 0.145. The van der Waals surface area contributed by atoms with Crippen LogP contribution in [0.25, 0.3) is 6.08 Å². The van der Waals surface area contributed by atoms with Crippen LogP contribution < -0.4 is 10.2 Å². The lowest BCUT2D eigenvalue weighted by molar-refractivity contribution is -0.884. The predicted octanol–water partition coefficient (Wildman–Crippen LogP) is 1.40. The molecule has 0 aliphatic carbocycles. The van der Waals surface area contributed by atoms with E-state index < -0.39 is 17.9 Å². The highest BCUT2D eigenvalue weighted by Crippen LogP contribution is 2.41. The summed E-state index contributed by atoms with van der Waals surface area (Å²) >= 11 is 5.94. The minimum Gasteiger partial charge on any atom is -0.295 e. The van der Waals surface area contributed by atoms with E-state index >= 15 is 0 Å². The molecule has 2 N–H and O–H groups in total. The van der Waals surface area contributed by atoms with Gasteiger partial charge < -0.3 is 0 Å². The summed E-state index contributed by atoms with van der Waals surface area (Å²) in [6.45, 7) is 0. The van der Waals surface area contributed by atoms with Crippen molar-refractivity contribution in [3.63, 3.8) is 0 Å². The first kappa shape index (κ1) is 16.4. The van der Waals surface area contributed by atoms with Crippen LogP contribution in [-0.2, 0) is 9.59 Å². The first-order valence-corrected chi connectivity index (χ1v) is 9.22. The van der Waals surface area contributed by atoms with Crippen molar-refractivity contribution in [3.8, 4) is 0 Å². The molecule has 2 amide bonds. The summed E-state index contributed by atoms with van der Waals surface area (Å²) in [5.41, 5.74) is 2.52. The zero-order valence-corrected chi connectivity index (χ0v) is 14.9. The Bertz CT molecular complexity index is 1010. The number of carbonyl (C=O) groups excluding carboxylic acids is 3. The largest absolute Gasteiger partial charge is 0.295 e. The number of Topliss-reactive ketones (excluding diaryl/α,β-unsaturated/α-hetero) is 1. The lowest BCUT2D eigenvalue weighted by Gasteiger charge is -2.29. The molecule has 6 heteroatoms. The average Bonchev–Trinajstić information content (AvgIpc) is 3.17. The first-order valence-electron chi connectivity index (χ1n) is 8.84. The van der Waals surface area contributed by atoms with Crippen molar-refractivity contribution in [2.24, 2.45) is 11.8 Å². The summed E-state index contributed by atoms with van der Waals surface area (Å²) < 4.78 is 0. The van der Waals surface area contributed by atoms with Gasteiger partial charge in [-0.15, -0.1) is 0 Å². The van der Waals surface area contributed by atoms with Crippen LogP contribution in [-0.4, -0.2) is 23.6 Å². The molecule has 0 bridgehead atoms. The highest BCUT2D eigenvalue weighted by atomic mass is 35.5. The normalized spacial score (nSPS) is 30.5. The van der Waals surface area contributed by atoms with Gasteiger partial charge in [-0.2, -0.15) is 0 Å². The van der Waals surface area contributed by atoms with E-state index in [4.69, 9.17) is 11.6 Å². The Morgan fingerprint density at radius 3 is 2.44 bits per heavy atom. The van der Waals surface area contributed by atoms with Gasteiger partial charge in [-0.25, -0.2) is 0 Å². The molecular weight excluding hydrogens is 364 g/mol. The molecule has 134 valence electrons. The van der Waals surface area contributed by atoms with Crippen LogP contribution in [0.1, 0.15) is 27.5 Å². The second kappa shape index (κ2) is 5.87. The summed E-state index contributed by atoms with van der Waals surface area (Å²) in [5, 5.41) is 2.98. The molecule has 3 aliphatic rings. The zero-order valence-electron chi connectivity index (χ0n) is 14.2. The van der Waals surface area contributed by atoms with Crippen molar-refractivity contribution in [2.75, 3.05) is 0 Å².